The van der Waals surface area contributed by atoms with Gasteiger partial charge in [-0.05, 0) is 62.7 Å². The highest BCUT2D eigenvalue weighted by Gasteiger charge is 2.52. The Morgan fingerprint density at radius 3 is 2.75 bits per heavy atom. The number of aromatic nitrogens is 1. The van der Waals surface area contributed by atoms with Gasteiger partial charge in [0, 0.05) is 11.1 Å². The van der Waals surface area contributed by atoms with E-state index in [0.717, 1.165) is 49.5 Å². The fourth-order valence-electron chi connectivity index (χ4n) is 3.71. The van der Waals surface area contributed by atoms with E-state index in [1.54, 1.807) is 11.3 Å². The predicted molar refractivity (Wildman–Crippen MR) is 97.7 cm³/mol. The number of benzene rings is 1. The third-order valence-electron chi connectivity index (χ3n) is 5.33. The van der Waals surface area contributed by atoms with Crippen molar-refractivity contribution in [3.8, 4) is 0 Å². The quantitative estimate of drug-likeness (QED) is 0.893. The highest BCUT2D eigenvalue weighted by Crippen LogP contribution is 2.50. The van der Waals surface area contributed by atoms with Crippen molar-refractivity contribution < 1.29 is 4.79 Å². The maximum Gasteiger partial charge on any atom is 0.236 e. The molecule has 5 heteroatoms. The summed E-state index contributed by atoms with van der Waals surface area (Å²) in [5.41, 5.74) is 2.02. The maximum absolute atomic E-state index is 12.9. The first-order chi connectivity index (χ1) is 11.7. The molecule has 2 N–H and O–H groups in total. The van der Waals surface area contributed by atoms with Gasteiger partial charge in [0.2, 0.25) is 5.91 Å². The summed E-state index contributed by atoms with van der Waals surface area (Å²) in [6.45, 7) is 4.22. The summed E-state index contributed by atoms with van der Waals surface area (Å²) in [6.07, 6.45) is 6.11. The number of amides is 1. The zero-order valence-corrected chi connectivity index (χ0v) is 14.8. The highest BCUT2D eigenvalue weighted by atomic mass is 32.1. The second kappa shape index (κ2) is 6.30. The fourth-order valence-corrected chi connectivity index (χ4v) is 4.69. The van der Waals surface area contributed by atoms with Gasteiger partial charge in [-0.1, -0.05) is 24.3 Å². The molecule has 1 aromatic carbocycles. The molecule has 1 aliphatic carbocycles. The molecule has 1 saturated carbocycles. The van der Waals surface area contributed by atoms with Crippen molar-refractivity contribution in [3.63, 3.8) is 0 Å². The first-order valence-electron chi connectivity index (χ1n) is 8.73. The molecule has 0 bridgehead atoms. The van der Waals surface area contributed by atoms with Gasteiger partial charge in [-0.25, -0.2) is 4.98 Å². The number of carbonyl (C=O) groups is 1. The monoisotopic (exact) mass is 341 g/mol. The molecule has 24 heavy (non-hydrogen) atoms. The van der Waals surface area contributed by atoms with Crippen LogP contribution in [0.1, 0.15) is 47.6 Å². The molecular weight excluding hydrogens is 318 g/mol. The van der Waals surface area contributed by atoms with Crippen LogP contribution in [0, 0.1) is 6.92 Å². The van der Waals surface area contributed by atoms with Crippen molar-refractivity contribution in [2.24, 2.45) is 0 Å². The SMILES string of the molecule is Cc1ccccc1C1(C(=O)Nc2ncc(C3CCNCC3)s2)CC1. The number of piperidine rings is 1. The number of hydrogen-bond acceptors (Lipinski definition) is 4. The van der Waals surface area contributed by atoms with E-state index in [0.29, 0.717) is 5.92 Å². The number of hydrogen-bond donors (Lipinski definition) is 2. The molecule has 0 spiro atoms. The van der Waals surface area contributed by atoms with E-state index in [4.69, 9.17) is 0 Å². The van der Waals surface area contributed by atoms with Gasteiger partial charge in [0.25, 0.3) is 0 Å². The van der Waals surface area contributed by atoms with Crippen molar-refractivity contribution in [1.29, 1.82) is 0 Å². The van der Waals surface area contributed by atoms with E-state index in [2.05, 4.69) is 34.7 Å². The minimum Gasteiger partial charge on any atom is -0.317 e. The molecule has 126 valence electrons. The topological polar surface area (TPSA) is 54.0 Å². The van der Waals surface area contributed by atoms with Crippen LogP contribution in [0.2, 0.25) is 0 Å². The molecule has 4 nitrogen and oxygen atoms in total. The van der Waals surface area contributed by atoms with Gasteiger partial charge < -0.3 is 10.6 Å². The summed E-state index contributed by atoms with van der Waals surface area (Å²) in [5, 5.41) is 7.22. The van der Waals surface area contributed by atoms with Crippen LogP contribution in [0.25, 0.3) is 0 Å². The maximum atomic E-state index is 12.9. The first-order valence-corrected chi connectivity index (χ1v) is 9.55. The van der Waals surface area contributed by atoms with E-state index >= 15 is 0 Å². The van der Waals surface area contributed by atoms with E-state index in [-0.39, 0.29) is 11.3 Å². The summed E-state index contributed by atoms with van der Waals surface area (Å²) in [5.74, 6) is 0.684. The third-order valence-corrected chi connectivity index (χ3v) is 6.41. The Labute approximate surface area is 146 Å². The van der Waals surface area contributed by atoms with Crippen LogP contribution in [0.15, 0.2) is 30.5 Å². The van der Waals surface area contributed by atoms with E-state index in [1.165, 1.54) is 10.4 Å². The molecule has 2 aliphatic rings. The summed E-state index contributed by atoms with van der Waals surface area (Å²) in [7, 11) is 0. The van der Waals surface area contributed by atoms with Crippen LogP contribution < -0.4 is 10.6 Å². The summed E-state index contributed by atoms with van der Waals surface area (Å²) >= 11 is 1.64. The zero-order valence-electron chi connectivity index (χ0n) is 14.0. The lowest BCUT2D eigenvalue weighted by molar-refractivity contribution is -0.118. The number of thiazole rings is 1. The van der Waals surface area contributed by atoms with Gasteiger partial charge in [0.15, 0.2) is 5.13 Å². The van der Waals surface area contributed by atoms with Gasteiger partial charge in [0.1, 0.15) is 0 Å². The normalized spacial score (nSPS) is 19.9. The van der Waals surface area contributed by atoms with E-state index < -0.39 is 0 Å². The van der Waals surface area contributed by atoms with Crippen LogP contribution in [-0.4, -0.2) is 24.0 Å². The average molecular weight is 341 g/mol. The Kier molecular flexibility index (Phi) is 4.14. The molecule has 0 atom stereocenters. The van der Waals surface area contributed by atoms with Crippen LogP contribution in [0.5, 0.6) is 0 Å². The summed E-state index contributed by atoms with van der Waals surface area (Å²) in [6, 6.07) is 8.22. The van der Waals surface area contributed by atoms with Gasteiger partial charge in [0.05, 0.1) is 5.41 Å². The number of aryl methyl sites for hydroxylation is 1. The number of nitrogens with one attached hydrogen (secondary N) is 2. The Morgan fingerprint density at radius 1 is 1.29 bits per heavy atom. The molecule has 1 amide bonds. The minimum absolute atomic E-state index is 0.100. The molecule has 0 radical (unpaired) electrons. The van der Waals surface area contributed by atoms with E-state index in [1.807, 2.05) is 18.3 Å². The lowest BCUT2D eigenvalue weighted by Crippen LogP contribution is -2.28. The van der Waals surface area contributed by atoms with Gasteiger partial charge in [-0.15, -0.1) is 11.3 Å². The smallest absolute Gasteiger partial charge is 0.236 e. The van der Waals surface area contributed by atoms with Crippen LogP contribution in [0.4, 0.5) is 5.13 Å². The van der Waals surface area contributed by atoms with Crippen molar-refractivity contribution in [1.82, 2.24) is 10.3 Å². The highest BCUT2D eigenvalue weighted by molar-refractivity contribution is 7.15. The average Bonchev–Trinajstić information content (AvgIpc) is 3.29. The Balaban J connectivity index is 1.49. The molecule has 4 rings (SSSR count). The summed E-state index contributed by atoms with van der Waals surface area (Å²) in [4.78, 5) is 18.6. The third kappa shape index (κ3) is 2.87. The molecule has 1 aliphatic heterocycles. The minimum atomic E-state index is -0.341. The van der Waals surface area contributed by atoms with Crippen molar-refractivity contribution in [3.05, 3.63) is 46.5 Å². The molecule has 0 unspecified atom stereocenters. The van der Waals surface area contributed by atoms with E-state index in [9.17, 15) is 4.79 Å². The van der Waals surface area contributed by atoms with Gasteiger partial charge in [-0.2, -0.15) is 0 Å². The zero-order chi connectivity index (χ0) is 16.6. The molecular formula is C19H23N3OS. The number of rotatable bonds is 4. The van der Waals surface area contributed by atoms with Gasteiger partial charge in [-0.3, -0.25) is 4.79 Å². The largest absolute Gasteiger partial charge is 0.317 e. The molecule has 2 aromatic rings. The first kappa shape index (κ1) is 15.8. The second-order valence-corrected chi connectivity index (χ2v) is 8.01. The summed E-state index contributed by atoms with van der Waals surface area (Å²) < 4.78 is 0. The Hall–Kier alpha value is -1.72. The van der Waals surface area contributed by atoms with Crippen LogP contribution in [0.3, 0.4) is 0 Å². The molecule has 2 fully saturated rings. The number of carbonyl (C=O) groups excluding carboxylic acids is 1. The standard InChI is InChI=1S/C19H23N3OS/c1-13-4-2-3-5-15(13)19(8-9-19)17(23)22-18-21-12-16(24-18)14-6-10-20-11-7-14/h2-5,12,14,20H,6-11H2,1H3,(H,21,22,23). The number of nitrogens with zero attached hydrogens (tertiary/aromatic N) is 1. The lowest BCUT2D eigenvalue weighted by Gasteiger charge is -2.20. The Bertz CT molecular complexity index is 745. The predicted octanol–water partition coefficient (Wildman–Crippen LogP) is 3.59. The van der Waals surface area contributed by atoms with Crippen molar-refractivity contribution in [2.75, 3.05) is 18.4 Å². The van der Waals surface area contributed by atoms with Crippen LogP contribution >= 0.6 is 11.3 Å². The molecule has 1 saturated heterocycles. The van der Waals surface area contributed by atoms with Gasteiger partial charge >= 0.3 is 0 Å². The van der Waals surface area contributed by atoms with Crippen LogP contribution in [-0.2, 0) is 10.2 Å². The molecule has 2 heterocycles. The second-order valence-electron chi connectivity index (χ2n) is 6.94. The fraction of sp³-hybridized carbons (Fsp3) is 0.474. The number of anilines is 1. The molecule has 1 aromatic heterocycles. The van der Waals surface area contributed by atoms with Crippen molar-refractivity contribution >= 4 is 22.4 Å². The van der Waals surface area contributed by atoms with Crippen molar-refractivity contribution in [2.45, 2.75) is 43.9 Å². The lowest BCUT2D eigenvalue weighted by atomic mass is 9.91. The Morgan fingerprint density at radius 2 is 2.04 bits per heavy atom.